The summed E-state index contributed by atoms with van der Waals surface area (Å²) in [5.74, 6) is 3.41. The highest BCUT2D eigenvalue weighted by molar-refractivity contribution is 14.0. The second-order valence-electron chi connectivity index (χ2n) is 6.07. The van der Waals surface area contributed by atoms with E-state index in [0.717, 1.165) is 36.3 Å². The van der Waals surface area contributed by atoms with E-state index in [1.807, 2.05) is 23.9 Å². The van der Waals surface area contributed by atoms with E-state index in [-0.39, 0.29) is 29.4 Å². The number of benzene rings is 1. The van der Waals surface area contributed by atoms with E-state index in [2.05, 4.69) is 43.7 Å². The summed E-state index contributed by atoms with van der Waals surface area (Å²) in [4.78, 5) is 4.74. The van der Waals surface area contributed by atoms with Crippen molar-refractivity contribution >= 4 is 41.7 Å². The van der Waals surface area contributed by atoms with Gasteiger partial charge in [0.05, 0.1) is 20.8 Å². The molecule has 0 heterocycles. The third-order valence-corrected chi connectivity index (χ3v) is 4.35. The Bertz CT molecular complexity index is 539. The Labute approximate surface area is 173 Å². The lowest BCUT2D eigenvalue weighted by Crippen LogP contribution is -2.39. The smallest absolute Gasteiger partial charge is 0.191 e. The number of nitrogens with one attached hydrogen (secondary N) is 2. The largest absolute Gasteiger partial charge is 0.493 e. The Balaban J connectivity index is 0.00000576. The molecule has 2 N–H and O–H groups in total. The number of hydrogen-bond acceptors (Lipinski definition) is 4. The predicted octanol–water partition coefficient (Wildman–Crippen LogP) is 3.52. The highest BCUT2D eigenvalue weighted by atomic mass is 127. The van der Waals surface area contributed by atoms with Crippen LogP contribution in [-0.4, -0.2) is 51.8 Å². The van der Waals surface area contributed by atoms with E-state index >= 15 is 0 Å². The van der Waals surface area contributed by atoms with Gasteiger partial charge in [0, 0.05) is 24.3 Å². The van der Waals surface area contributed by atoms with Crippen LogP contribution in [0.25, 0.3) is 0 Å². The van der Waals surface area contributed by atoms with Crippen molar-refractivity contribution in [3.05, 3.63) is 23.8 Å². The monoisotopic (exact) mass is 481 g/mol. The molecule has 0 aliphatic rings. The van der Waals surface area contributed by atoms with Crippen LogP contribution in [0.3, 0.4) is 0 Å². The molecule has 0 spiro atoms. The number of methoxy groups -OCH3 is 2. The second kappa shape index (κ2) is 12.5. The summed E-state index contributed by atoms with van der Waals surface area (Å²) in [7, 11) is 3.31. The number of halogens is 1. The first-order valence-electron chi connectivity index (χ1n) is 8.22. The second-order valence-corrected chi connectivity index (χ2v) is 7.05. The first kappa shape index (κ1) is 24.2. The van der Waals surface area contributed by atoms with Gasteiger partial charge >= 0.3 is 0 Å². The van der Waals surface area contributed by atoms with Gasteiger partial charge in [-0.3, -0.25) is 4.99 Å². The van der Waals surface area contributed by atoms with E-state index in [0.29, 0.717) is 6.54 Å². The van der Waals surface area contributed by atoms with Crippen LogP contribution in [-0.2, 0) is 5.41 Å². The molecule has 0 unspecified atom stereocenters. The minimum absolute atomic E-state index is 0. The maximum Gasteiger partial charge on any atom is 0.191 e. The topological polar surface area (TPSA) is 54.9 Å². The lowest BCUT2D eigenvalue weighted by Gasteiger charge is -2.25. The van der Waals surface area contributed by atoms with Gasteiger partial charge in [0.25, 0.3) is 0 Å². The number of ether oxygens (including phenoxy) is 2. The summed E-state index contributed by atoms with van der Waals surface area (Å²) in [6, 6.07) is 6.05. The number of aliphatic imine (C=N–C) groups is 1. The van der Waals surface area contributed by atoms with Crippen LogP contribution >= 0.6 is 35.7 Å². The van der Waals surface area contributed by atoms with Gasteiger partial charge in [0.2, 0.25) is 0 Å². The first-order chi connectivity index (χ1) is 11.5. The molecule has 0 aromatic heterocycles. The fourth-order valence-electron chi connectivity index (χ4n) is 2.24. The molecule has 0 atom stereocenters. The molecule has 25 heavy (non-hydrogen) atoms. The molecule has 0 aliphatic carbocycles. The van der Waals surface area contributed by atoms with Crippen LogP contribution in [0.5, 0.6) is 11.5 Å². The van der Waals surface area contributed by atoms with Crippen LogP contribution in [0.15, 0.2) is 23.2 Å². The predicted molar refractivity (Wildman–Crippen MR) is 120 cm³/mol. The SMILES string of the molecule is CCNC(=NCC(C)(C)c1ccc(OC)c(OC)c1)NCCSC.I. The highest BCUT2D eigenvalue weighted by Gasteiger charge is 2.22. The van der Waals surface area contributed by atoms with Crippen LogP contribution in [0.1, 0.15) is 26.3 Å². The fraction of sp³-hybridized carbons (Fsp3) is 0.611. The first-order valence-corrected chi connectivity index (χ1v) is 9.61. The zero-order valence-corrected chi connectivity index (χ0v) is 19.3. The Morgan fingerprint density at radius 2 is 1.84 bits per heavy atom. The molecule has 0 aliphatic heterocycles. The Kier molecular flexibility index (Phi) is 12.1. The standard InChI is InChI=1S/C18H31N3O2S.HI/c1-7-19-17(20-10-11-24-6)21-13-18(2,3)14-8-9-15(22-4)16(12-14)23-5;/h8-9,12H,7,10-11,13H2,1-6H3,(H2,19,20,21);1H. The van der Waals surface area contributed by atoms with Gasteiger partial charge in [-0.25, -0.2) is 0 Å². The van der Waals surface area contributed by atoms with E-state index in [1.165, 1.54) is 5.56 Å². The molecule has 0 bridgehead atoms. The van der Waals surface area contributed by atoms with Gasteiger partial charge < -0.3 is 20.1 Å². The van der Waals surface area contributed by atoms with Crippen molar-refractivity contribution in [2.75, 3.05) is 45.9 Å². The van der Waals surface area contributed by atoms with E-state index in [4.69, 9.17) is 14.5 Å². The van der Waals surface area contributed by atoms with Crippen molar-refractivity contribution in [2.24, 2.45) is 4.99 Å². The van der Waals surface area contributed by atoms with E-state index in [9.17, 15) is 0 Å². The molecule has 0 saturated carbocycles. The molecule has 0 radical (unpaired) electrons. The summed E-state index contributed by atoms with van der Waals surface area (Å²) >= 11 is 1.82. The number of hydrogen-bond donors (Lipinski definition) is 2. The molecule has 144 valence electrons. The Morgan fingerprint density at radius 1 is 1.16 bits per heavy atom. The maximum absolute atomic E-state index is 5.41. The van der Waals surface area contributed by atoms with Crippen molar-refractivity contribution in [2.45, 2.75) is 26.2 Å². The van der Waals surface area contributed by atoms with Gasteiger partial charge in [-0.2, -0.15) is 11.8 Å². The van der Waals surface area contributed by atoms with E-state index in [1.54, 1.807) is 14.2 Å². The third-order valence-electron chi connectivity index (χ3n) is 3.74. The van der Waals surface area contributed by atoms with Crippen molar-refractivity contribution < 1.29 is 9.47 Å². The Morgan fingerprint density at radius 3 is 2.40 bits per heavy atom. The average Bonchev–Trinajstić information content (AvgIpc) is 2.59. The molecule has 0 fully saturated rings. The average molecular weight is 481 g/mol. The van der Waals surface area contributed by atoms with Crippen molar-refractivity contribution in [3.8, 4) is 11.5 Å². The normalized spacial score (nSPS) is 11.5. The van der Waals surface area contributed by atoms with Gasteiger partial charge in [0.1, 0.15) is 0 Å². The van der Waals surface area contributed by atoms with Gasteiger partial charge in [-0.05, 0) is 30.9 Å². The molecule has 1 aromatic carbocycles. The maximum atomic E-state index is 5.41. The molecule has 1 aromatic rings. The quantitative estimate of drug-likeness (QED) is 0.245. The van der Waals surface area contributed by atoms with Crippen LogP contribution in [0.2, 0.25) is 0 Å². The summed E-state index contributed by atoms with van der Waals surface area (Å²) in [5, 5.41) is 6.65. The lowest BCUT2D eigenvalue weighted by molar-refractivity contribution is 0.353. The number of guanidine groups is 1. The summed E-state index contributed by atoms with van der Waals surface area (Å²) < 4.78 is 10.7. The lowest BCUT2D eigenvalue weighted by atomic mass is 9.84. The van der Waals surface area contributed by atoms with Gasteiger partial charge in [-0.1, -0.05) is 19.9 Å². The summed E-state index contributed by atoms with van der Waals surface area (Å²) in [6.45, 7) is 8.88. The molecule has 7 heteroatoms. The molecule has 1 rings (SSSR count). The molecule has 0 amide bonds. The van der Waals surface area contributed by atoms with Crippen LogP contribution in [0, 0.1) is 0 Å². The fourth-order valence-corrected chi connectivity index (χ4v) is 2.54. The molecular weight excluding hydrogens is 449 g/mol. The third kappa shape index (κ3) is 7.94. The van der Waals surface area contributed by atoms with Gasteiger partial charge in [0.15, 0.2) is 17.5 Å². The molecular formula is C18H32IN3O2S. The highest BCUT2D eigenvalue weighted by Crippen LogP contribution is 2.33. The van der Waals surface area contributed by atoms with Gasteiger partial charge in [-0.15, -0.1) is 24.0 Å². The van der Waals surface area contributed by atoms with Crippen LogP contribution in [0.4, 0.5) is 0 Å². The zero-order chi connectivity index (χ0) is 18.0. The van der Waals surface area contributed by atoms with E-state index < -0.39 is 0 Å². The number of rotatable bonds is 9. The van der Waals surface area contributed by atoms with Crippen molar-refractivity contribution in [3.63, 3.8) is 0 Å². The van der Waals surface area contributed by atoms with Crippen molar-refractivity contribution in [1.29, 1.82) is 0 Å². The van der Waals surface area contributed by atoms with Crippen LogP contribution < -0.4 is 20.1 Å². The zero-order valence-electron chi connectivity index (χ0n) is 16.1. The Hall–Kier alpha value is -0.830. The summed E-state index contributed by atoms with van der Waals surface area (Å²) in [6.07, 6.45) is 2.10. The number of nitrogens with zero attached hydrogens (tertiary/aromatic N) is 1. The minimum atomic E-state index is -0.110. The molecule has 0 saturated heterocycles. The molecule has 5 nitrogen and oxygen atoms in total. The number of thioether (sulfide) groups is 1. The van der Waals surface area contributed by atoms with Crippen molar-refractivity contribution in [1.82, 2.24) is 10.6 Å². The summed E-state index contributed by atoms with van der Waals surface area (Å²) in [5.41, 5.74) is 1.06. The minimum Gasteiger partial charge on any atom is -0.493 e.